The van der Waals surface area contributed by atoms with E-state index in [1.807, 2.05) is 19.9 Å². The fraction of sp³-hybridized carbons (Fsp3) is 0.421. The van der Waals surface area contributed by atoms with Crippen LogP contribution in [-0.4, -0.2) is 23.6 Å². The Kier molecular flexibility index (Phi) is 6.42. The van der Waals surface area contributed by atoms with Gasteiger partial charge in [-0.15, -0.1) is 12.3 Å². The van der Waals surface area contributed by atoms with Gasteiger partial charge in [-0.2, -0.15) is 0 Å². The van der Waals surface area contributed by atoms with Crippen LogP contribution in [0, 0.1) is 12.3 Å². The maximum Gasteiger partial charge on any atom is 0.224 e. The van der Waals surface area contributed by atoms with Gasteiger partial charge < -0.3 is 20.2 Å². The lowest BCUT2D eigenvalue weighted by molar-refractivity contribution is -0.116. The van der Waals surface area contributed by atoms with E-state index < -0.39 is 6.10 Å². The molecule has 3 N–H and O–H groups in total. The van der Waals surface area contributed by atoms with Crippen molar-refractivity contribution in [2.45, 2.75) is 45.3 Å². The molecule has 0 aliphatic rings. The van der Waals surface area contributed by atoms with E-state index in [9.17, 15) is 9.90 Å². The average molecular weight is 328 g/mol. The summed E-state index contributed by atoms with van der Waals surface area (Å²) >= 11 is 0. The Bertz CT molecular complexity index is 728. The molecule has 0 aliphatic heterocycles. The summed E-state index contributed by atoms with van der Waals surface area (Å²) in [6, 6.07) is 7.51. The number of anilines is 1. The van der Waals surface area contributed by atoms with Crippen molar-refractivity contribution in [1.82, 2.24) is 5.32 Å². The number of amides is 1. The third-order valence-corrected chi connectivity index (χ3v) is 3.59. The first-order valence-electron chi connectivity index (χ1n) is 8.18. The maximum atomic E-state index is 11.8. The van der Waals surface area contributed by atoms with Crippen molar-refractivity contribution >= 4 is 22.6 Å². The van der Waals surface area contributed by atoms with E-state index in [-0.39, 0.29) is 5.91 Å². The zero-order valence-electron chi connectivity index (χ0n) is 14.1. The quantitative estimate of drug-likeness (QED) is 0.514. The molecule has 0 saturated heterocycles. The fourth-order valence-corrected chi connectivity index (χ4v) is 2.33. The third-order valence-electron chi connectivity index (χ3n) is 3.59. The second kappa shape index (κ2) is 8.53. The van der Waals surface area contributed by atoms with E-state index >= 15 is 0 Å². The number of aliphatic hydroxyl groups excluding tert-OH is 1. The standard InChI is InChI=1S/C19H24N2O3/c1-4-5-6-7-19(23)21-15-8-9-17-14(10-15)11-18(24-17)16(22)12-20-13(2)3/h1,8-11,13,16,20,22H,5-7,12H2,2-3H3,(H,21,23). The van der Waals surface area contributed by atoms with Crippen LogP contribution in [0.1, 0.15) is 45.0 Å². The third kappa shape index (κ3) is 5.12. The van der Waals surface area contributed by atoms with Gasteiger partial charge in [0.1, 0.15) is 17.4 Å². The molecular weight excluding hydrogens is 304 g/mol. The van der Waals surface area contributed by atoms with Crippen LogP contribution in [0.15, 0.2) is 28.7 Å². The van der Waals surface area contributed by atoms with Gasteiger partial charge in [0, 0.05) is 36.5 Å². The molecule has 2 aromatic rings. The Morgan fingerprint density at radius 1 is 1.38 bits per heavy atom. The van der Waals surface area contributed by atoms with Crippen LogP contribution in [0.4, 0.5) is 5.69 Å². The number of fused-ring (bicyclic) bond motifs is 1. The van der Waals surface area contributed by atoms with Gasteiger partial charge in [-0.25, -0.2) is 0 Å². The number of nitrogens with one attached hydrogen (secondary N) is 2. The fourth-order valence-electron chi connectivity index (χ4n) is 2.33. The van der Waals surface area contributed by atoms with E-state index in [1.54, 1.807) is 18.2 Å². The van der Waals surface area contributed by atoms with Gasteiger partial charge in [-0.05, 0) is 30.7 Å². The number of hydrogen-bond acceptors (Lipinski definition) is 4. The number of furan rings is 1. The van der Waals surface area contributed by atoms with E-state index in [0.29, 0.717) is 48.9 Å². The molecular formula is C19H24N2O3. The summed E-state index contributed by atoms with van der Waals surface area (Å²) in [5, 5.41) is 17.0. The molecule has 1 unspecified atom stereocenters. The molecule has 1 amide bonds. The number of carbonyl (C=O) groups excluding carboxylic acids is 1. The highest BCUT2D eigenvalue weighted by atomic mass is 16.4. The minimum atomic E-state index is -0.707. The summed E-state index contributed by atoms with van der Waals surface area (Å²) in [5.74, 6) is 2.97. The Labute approximate surface area is 142 Å². The molecule has 0 radical (unpaired) electrons. The Morgan fingerprint density at radius 2 is 2.17 bits per heavy atom. The van der Waals surface area contributed by atoms with Crippen LogP contribution in [0.2, 0.25) is 0 Å². The minimum Gasteiger partial charge on any atom is -0.458 e. The summed E-state index contributed by atoms with van der Waals surface area (Å²) in [5.41, 5.74) is 1.38. The zero-order valence-corrected chi connectivity index (χ0v) is 14.1. The molecule has 2 rings (SSSR count). The second-order valence-corrected chi connectivity index (χ2v) is 6.09. The number of benzene rings is 1. The summed E-state index contributed by atoms with van der Waals surface area (Å²) in [7, 11) is 0. The summed E-state index contributed by atoms with van der Waals surface area (Å²) in [4.78, 5) is 11.8. The number of hydrogen-bond donors (Lipinski definition) is 3. The van der Waals surface area contributed by atoms with Crippen molar-refractivity contribution in [3.8, 4) is 12.3 Å². The van der Waals surface area contributed by atoms with Gasteiger partial charge in [0.05, 0.1) is 0 Å². The second-order valence-electron chi connectivity index (χ2n) is 6.09. The van der Waals surface area contributed by atoms with Crippen molar-refractivity contribution in [3.05, 3.63) is 30.0 Å². The highest BCUT2D eigenvalue weighted by Crippen LogP contribution is 2.26. The zero-order chi connectivity index (χ0) is 17.5. The monoisotopic (exact) mass is 328 g/mol. The predicted molar refractivity (Wildman–Crippen MR) is 95.6 cm³/mol. The molecule has 0 aliphatic carbocycles. The first kappa shape index (κ1) is 18.1. The van der Waals surface area contributed by atoms with Gasteiger partial charge >= 0.3 is 0 Å². The van der Waals surface area contributed by atoms with Gasteiger partial charge in [-0.3, -0.25) is 4.79 Å². The highest BCUT2D eigenvalue weighted by Gasteiger charge is 2.14. The Morgan fingerprint density at radius 3 is 2.88 bits per heavy atom. The number of aliphatic hydroxyl groups is 1. The van der Waals surface area contributed by atoms with Crippen molar-refractivity contribution in [2.75, 3.05) is 11.9 Å². The normalized spacial score (nSPS) is 12.3. The minimum absolute atomic E-state index is 0.0607. The van der Waals surface area contributed by atoms with E-state index in [1.165, 1.54) is 0 Å². The molecule has 0 saturated carbocycles. The molecule has 1 aromatic carbocycles. The van der Waals surface area contributed by atoms with Crippen molar-refractivity contribution < 1.29 is 14.3 Å². The SMILES string of the molecule is C#CCCCC(=O)Nc1ccc2oc(C(O)CNC(C)C)cc2c1. The average Bonchev–Trinajstić information content (AvgIpc) is 2.96. The Balaban J connectivity index is 2.03. The van der Waals surface area contributed by atoms with Crippen LogP contribution in [-0.2, 0) is 4.79 Å². The number of unbranched alkanes of at least 4 members (excludes halogenated alkanes) is 1. The maximum absolute atomic E-state index is 11.8. The molecule has 5 nitrogen and oxygen atoms in total. The molecule has 0 fully saturated rings. The topological polar surface area (TPSA) is 74.5 Å². The van der Waals surface area contributed by atoms with E-state index in [4.69, 9.17) is 10.8 Å². The molecule has 1 heterocycles. The molecule has 1 aromatic heterocycles. The predicted octanol–water partition coefficient (Wildman–Crippen LogP) is 3.21. The molecule has 0 spiro atoms. The summed E-state index contributed by atoms with van der Waals surface area (Å²) < 4.78 is 5.68. The van der Waals surface area contributed by atoms with Gasteiger partial charge in [0.25, 0.3) is 0 Å². The lowest BCUT2D eigenvalue weighted by Crippen LogP contribution is -2.27. The lowest BCUT2D eigenvalue weighted by atomic mass is 10.2. The molecule has 0 bridgehead atoms. The summed E-state index contributed by atoms with van der Waals surface area (Å²) in [6.07, 6.45) is 6.14. The number of terminal acetylenes is 1. The number of rotatable bonds is 8. The van der Waals surface area contributed by atoms with Crippen LogP contribution in [0.25, 0.3) is 11.0 Å². The van der Waals surface area contributed by atoms with Crippen LogP contribution < -0.4 is 10.6 Å². The van der Waals surface area contributed by atoms with Crippen LogP contribution in [0.5, 0.6) is 0 Å². The van der Waals surface area contributed by atoms with Crippen LogP contribution in [0.3, 0.4) is 0 Å². The Hall–Kier alpha value is -2.29. The lowest BCUT2D eigenvalue weighted by Gasteiger charge is -2.11. The van der Waals surface area contributed by atoms with E-state index in [0.717, 1.165) is 5.39 Å². The smallest absolute Gasteiger partial charge is 0.224 e. The van der Waals surface area contributed by atoms with Gasteiger partial charge in [-0.1, -0.05) is 13.8 Å². The highest BCUT2D eigenvalue weighted by molar-refractivity contribution is 5.93. The van der Waals surface area contributed by atoms with Crippen molar-refractivity contribution in [3.63, 3.8) is 0 Å². The van der Waals surface area contributed by atoms with E-state index in [2.05, 4.69) is 16.6 Å². The first-order valence-corrected chi connectivity index (χ1v) is 8.18. The largest absolute Gasteiger partial charge is 0.458 e. The van der Waals surface area contributed by atoms with Gasteiger partial charge in [0.2, 0.25) is 5.91 Å². The van der Waals surface area contributed by atoms with Gasteiger partial charge in [0.15, 0.2) is 0 Å². The molecule has 24 heavy (non-hydrogen) atoms. The molecule has 5 heteroatoms. The first-order chi connectivity index (χ1) is 11.5. The number of carbonyl (C=O) groups is 1. The van der Waals surface area contributed by atoms with Crippen LogP contribution >= 0.6 is 0 Å². The van der Waals surface area contributed by atoms with Crippen molar-refractivity contribution in [1.29, 1.82) is 0 Å². The summed E-state index contributed by atoms with van der Waals surface area (Å²) in [6.45, 7) is 4.46. The van der Waals surface area contributed by atoms with Crippen molar-refractivity contribution in [2.24, 2.45) is 0 Å². The molecule has 128 valence electrons. The molecule has 1 atom stereocenters.